The van der Waals surface area contributed by atoms with Crippen molar-refractivity contribution in [2.45, 2.75) is 25.7 Å². The van der Waals surface area contributed by atoms with Crippen molar-refractivity contribution >= 4 is 5.97 Å². The van der Waals surface area contributed by atoms with Crippen molar-refractivity contribution in [1.82, 2.24) is 0 Å². The second-order valence-electron chi connectivity index (χ2n) is 7.75. The average Bonchev–Trinajstić information content (AvgIpc) is 2.85. The van der Waals surface area contributed by atoms with Crippen molar-refractivity contribution < 1.29 is 28.8 Å². The SMILES string of the molecule is COc1cc(CCc2cc(OC)cc(OC)c2)cc(CCc2ccc(C(=O)O)c(OC)c2)c1. The Morgan fingerprint density at radius 2 is 1.06 bits per heavy atom. The normalized spacial score (nSPS) is 10.5. The van der Waals surface area contributed by atoms with Gasteiger partial charge in [-0.2, -0.15) is 0 Å². The van der Waals surface area contributed by atoms with Gasteiger partial charge in [0.05, 0.1) is 28.4 Å². The molecule has 3 aromatic rings. The smallest absolute Gasteiger partial charge is 0.339 e. The number of rotatable bonds is 11. The van der Waals surface area contributed by atoms with Crippen molar-refractivity contribution in [3.05, 3.63) is 82.4 Å². The summed E-state index contributed by atoms with van der Waals surface area (Å²) >= 11 is 0. The van der Waals surface area contributed by atoms with E-state index in [1.807, 2.05) is 30.3 Å². The minimum absolute atomic E-state index is 0.166. The van der Waals surface area contributed by atoms with Crippen molar-refractivity contribution in [2.24, 2.45) is 0 Å². The standard InChI is InChI=1S/C27H30O6/c1-30-22-12-19(6-5-18-9-10-25(27(28)29)26(16-18)33-4)11-20(13-22)7-8-21-14-23(31-2)17-24(15-21)32-3/h9-17H,5-8H2,1-4H3,(H,28,29). The number of carboxylic acid groups (broad SMARTS) is 1. The third kappa shape index (κ3) is 6.42. The number of aryl methyl sites for hydroxylation is 4. The highest BCUT2D eigenvalue weighted by Gasteiger charge is 2.12. The number of hydrogen-bond donors (Lipinski definition) is 1. The van der Waals surface area contributed by atoms with E-state index in [-0.39, 0.29) is 5.56 Å². The Kier molecular flexibility index (Phi) is 8.19. The van der Waals surface area contributed by atoms with Crippen molar-refractivity contribution in [1.29, 1.82) is 0 Å². The zero-order valence-corrected chi connectivity index (χ0v) is 19.5. The summed E-state index contributed by atoms with van der Waals surface area (Å²) < 4.78 is 21.5. The Bertz CT molecular complexity index is 1080. The monoisotopic (exact) mass is 450 g/mol. The Morgan fingerprint density at radius 3 is 1.52 bits per heavy atom. The van der Waals surface area contributed by atoms with Crippen LogP contribution in [0, 0.1) is 0 Å². The number of benzene rings is 3. The molecule has 0 aliphatic carbocycles. The van der Waals surface area contributed by atoms with Crippen molar-refractivity contribution in [3.63, 3.8) is 0 Å². The molecule has 33 heavy (non-hydrogen) atoms. The summed E-state index contributed by atoms with van der Waals surface area (Å²) in [4.78, 5) is 11.3. The first kappa shape index (κ1) is 24.0. The van der Waals surface area contributed by atoms with Crippen LogP contribution < -0.4 is 18.9 Å². The molecule has 0 spiro atoms. The quantitative estimate of drug-likeness (QED) is 0.444. The van der Waals surface area contributed by atoms with Gasteiger partial charge in [0.1, 0.15) is 28.6 Å². The zero-order valence-electron chi connectivity index (χ0n) is 19.5. The Morgan fingerprint density at radius 1 is 0.606 bits per heavy atom. The summed E-state index contributed by atoms with van der Waals surface area (Å²) in [6.07, 6.45) is 3.25. The maximum Gasteiger partial charge on any atom is 0.339 e. The summed E-state index contributed by atoms with van der Waals surface area (Å²) in [5.41, 5.74) is 4.67. The second kappa shape index (κ2) is 11.3. The molecule has 0 atom stereocenters. The molecule has 0 aliphatic heterocycles. The van der Waals surface area contributed by atoms with E-state index in [4.69, 9.17) is 18.9 Å². The van der Waals surface area contributed by atoms with E-state index in [0.29, 0.717) is 5.75 Å². The fourth-order valence-electron chi connectivity index (χ4n) is 3.79. The van der Waals surface area contributed by atoms with Crippen LogP contribution in [0.3, 0.4) is 0 Å². The van der Waals surface area contributed by atoms with E-state index < -0.39 is 5.97 Å². The van der Waals surface area contributed by atoms with Gasteiger partial charge in [-0.25, -0.2) is 4.79 Å². The van der Waals surface area contributed by atoms with E-state index in [1.165, 1.54) is 12.7 Å². The molecule has 0 unspecified atom stereocenters. The molecular weight excluding hydrogens is 420 g/mol. The molecule has 3 rings (SSSR count). The summed E-state index contributed by atoms with van der Waals surface area (Å²) in [5.74, 6) is 1.76. The molecule has 3 aromatic carbocycles. The molecule has 0 bridgehead atoms. The van der Waals surface area contributed by atoms with E-state index in [2.05, 4.69) is 12.1 Å². The van der Waals surface area contributed by atoms with Crippen molar-refractivity contribution in [3.8, 4) is 23.0 Å². The molecule has 0 aromatic heterocycles. The lowest BCUT2D eigenvalue weighted by molar-refractivity contribution is 0.0693. The number of methoxy groups -OCH3 is 4. The van der Waals surface area contributed by atoms with Crippen LogP contribution in [0.15, 0.2) is 54.6 Å². The summed E-state index contributed by atoms with van der Waals surface area (Å²) in [7, 11) is 6.46. The van der Waals surface area contributed by atoms with Crippen LogP contribution in [-0.2, 0) is 25.7 Å². The van der Waals surface area contributed by atoms with Crippen LogP contribution in [0.2, 0.25) is 0 Å². The van der Waals surface area contributed by atoms with Gasteiger partial charge in [0.2, 0.25) is 0 Å². The highest BCUT2D eigenvalue weighted by atomic mass is 16.5. The molecule has 0 aliphatic rings. The largest absolute Gasteiger partial charge is 0.497 e. The van der Waals surface area contributed by atoms with Crippen LogP contribution in [0.1, 0.15) is 32.6 Å². The second-order valence-corrected chi connectivity index (χ2v) is 7.75. The molecule has 0 saturated heterocycles. The predicted molar refractivity (Wildman–Crippen MR) is 127 cm³/mol. The number of carbonyl (C=O) groups is 1. The number of carboxylic acids is 1. The van der Waals surface area contributed by atoms with E-state index in [1.54, 1.807) is 33.5 Å². The number of aromatic carboxylic acids is 1. The molecule has 174 valence electrons. The molecule has 0 radical (unpaired) electrons. The van der Waals surface area contributed by atoms with Gasteiger partial charge in [-0.15, -0.1) is 0 Å². The topological polar surface area (TPSA) is 74.2 Å². The minimum atomic E-state index is -0.996. The summed E-state index contributed by atoms with van der Waals surface area (Å²) in [5, 5.41) is 9.27. The first-order chi connectivity index (χ1) is 15.9. The first-order valence-corrected chi connectivity index (χ1v) is 10.7. The molecule has 0 amide bonds. The first-order valence-electron chi connectivity index (χ1n) is 10.7. The van der Waals surface area contributed by atoms with Crippen molar-refractivity contribution in [2.75, 3.05) is 28.4 Å². The Hall–Kier alpha value is -3.67. The molecule has 0 fully saturated rings. The maximum atomic E-state index is 11.3. The van der Waals surface area contributed by atoms with Gasteiger partial charge >= 0.3 is 5.97 Å². The maximum absolute atomic E-state index is 11.3. The molecule has 0 heterocycles. The lowest BCUT2D eigenvalue weighted by Crippen LogP contribution is -2.02. The minimum Gasteiger partial charge on any atom is -0.497 e. The zero-order chi connectivity index (χ0) is 23.8. The van der Waals surface area contributed by atoms with Crippen LogP contribution in [-0.4, -0.2) is 39.5 Å². The van der Waals surface area contributed by atoms with Gasteiger partial charge in [-0.1, -0.05) is 12.1 Å². The van der Waals surface area contributed by atoms with Crippen LogP contribution in [0.5, 0.6) is 23.0 Å². The molecular formula is C27H30O6. The van der Waals surface area contributed by atoms with Crippen LogP contribution >= 0.6 is 0 Å². The molecule has 1 N–H and O–H groups in total. The summed E-state index contributed by atoms with van der Waals surface area (Å²) in [6.45, 7) is 0. The van der Waals surface area contributed by atoms with E-state index in [9.17, 15) is 9.90 Å². The fourth-order valence-corrected chi connectivity index (χ4v) is 3.79. The lowest BCUT2D eigenvalue weighted by Gasteiger charge is -2.12. The van der Waals surface area contributed by atoms with Gasteiger partial charge < -0.3 is 24.1 Å². The predicted octanol–water partition coefficient (Wildman–Crippen LogP) is 4.99. The van der Waals surface area contributed by atoms with E-state index >= 15 is 0 Å². The van der Waals surface area contributed by atoms with Crippen LogP contribution in [0.4, 0.5) is 0 Å². The molecule has 0 saturated carbocycles. The third-order valence-corrected chi connectivity index (χ3v) is 5.57. The Balaban J connectivity index is 1.73. The number of hydrogen-bond acceptors (Lipinski definition) is 5. The van der Waals surface area contributed by atoms with E-state index in [0.717, 1.165) is 59.6 Å². The third-order valence-electron chi connectivity index (χ3n) is 5.57. The fraction of sp³-hybridized carbons (Fsp3) is 0.296. The van der Waals surface area contributed by atoms with Crippen LogP contribution in [0.25, 0.3) is 0 Å². The lowest BCUT2D eigenvalue weighted by atomic mass is 9.98. The summed E-state index contributed by atoms with van der Waals surface area (Å²) in [6, 6.07) is 17.4. The van der Waals surface area contributed by atoms with Gasteiger partial charge in [0.15, 0.2) is 0 Å². The Labute approximate surface area is 194 Å². The number of ether oxygens (including phenoxy) is 4. The van der Waals surface area contributed by atoms with Gasteiger partial charge in [-0.3, -0.25) is 0 Å². The molecule has 6 nitrogen and oxygen atoms in total. The van der Waals surface area contributed by atoms with Gasteiger partial charge in [0.25, 0.3) is 0 Å². The average molecular weight is 451 g/mol. The highest BCUT2D eigenvalue weighted by Crippen LogP contribution is 2.26. The molecule has 6 heteroatoms. The van der Waals surface area contributed by atoms with Gasteiger partial charge in [-0.05, 0) is 84.3 Å². The highest BCUT2D eigenvalue weighted by molar-refractivity contribution is 5.91. The van der Waals surface area contributed by atoms with Gasteiger partial charge in [0, 0.05) is 6.07 Å².